The maximum absolute atomic E-state index is 12.6. The van der Waals surface area contributed by atoms with Gasteiger partial charge in [0, 0.05) is 16.3 Å². The van der Waals surface area contributed by atoms with Gasteiger partial charge < -0.3 is 19.8 Å². The number of carbonyl (C=O) groups excluding carboxylic acids is 1. The molecule has 0 spiro atoms. The van der Waals surface area contributed by atoms with Crippen molar-refractivity contribution in [3.63, 3.8) is 0 Å². The number of fused-ring (bicyclic) bond motifs is 1. The summed E-state index contributed by atoms with van der Waals surface area (Å²) < 4.78 is 10.9. The monoisotopic (exact) mass is 407 g/mol. The quantitative estimate of drug-likeness (QED) is 0.479. The van der Waals surface area contributed by atoms with Gasteiger partial charge in [0.15, 0.2) is 0 Å². The summed E-state index contributed by atoms with van der Waals surface area (Å²) in [7, 11) is 3.19. The van der Waals surface area contributed by atoms with Gasteiger partial charge in [0.25, 0.3) is 5.91 Å². The fourth-order valence-corrected chi connectivity index (χ4v) is 3.31. The summed E-state index contributed by atoms with van der Waals surface area (Å²) >= 11 is 5.98. The normalized spacial score (nSPS) is 10.7. The van der Waals surface area contributed by atoms with Crippen LogP contribution in [0.5, 0.6) is 11.5 Å². The Balaban J connectivity index is 1.69. The molecule has 0 aliphatic carbocycles. The third kappa shape index (κ3) is 3.75. The number of aromatic amines is 1. The number of hydrogen-bond acceptors (Lipinski definition) is 4. The molecular weight excluding hydrogens is 390 g/mol. The van der Waals surface area contributed by atoms with Crippen LogP contribution in [-0.4, -0.2) is 30.1 Å². The van der Waals surface area contributed by atoms with Crippen LogP contribution in [0, 0.1) is 0 Å². The molecule has 0 saturated carbocycles. The molecule has 2 N–H and O–H groups in total. The standard InChI is InChI=1S/C22H18ClN3O3/c1-28-18-7-4-8-19(29-2)20(18)21-25-16-10-9-13(11-17(16)26-21)22(27)24-15-6-3-5-14(23)12-15/h3-12H,1-2H3,(H,24,27)(H,25,26). The van der Waals surface area contributed by atoms with Crippen LogP contribution < -0.4 is 14.8 Å². The van der Waals surface area contributed by atoms with Gasteiger partial charge in [0.05, 0.1) is 25.3 Å². The number of halogens is 1. The molecule has 0 bridgehead atoms. The molecule has 146 valence electrons. The van der Waals surface area contributed by atoms with Crippen molar-refractivity contribution in [3.8, 4) is 22.9 Å². The number of imidazole rings is 1. The highest BCUT2D eigenvalue weighted by atomic mass is 35.5. The average molecular weight is 408 g/mol. The third-order valence-electron chi connectivity index (χ3n) is 4.49. The van der Waals surface area contributed by atoms with Crippen molar-refractivity contribution in [2.24, 2.45) is 0 Å². The van der Waals surface area contributed by atoms with E-state index >= 15 is 0 Å². The van der Waals surface area contributed by atoms with Gasteiger partial charge in [-0.25, -0.2) is 4.98 Å². The number of benzene rings is 3. The average Bonchev–Trinajstić information content (AvgIpc) is 3.15. The first-order valence-corrected chi connectivity index (χ1v) is 9.25. The van der Waals surface area contributed by atoms with Crippen molar-refractivity contribution in [1.82, 2.24) is 9.97 Å². The van der Waals surface area contributed by atoms with Crippen molar-refractivity contribution in [2.75, 3.05) is 19.5 Å². The van der Waals surface area contributed by atoms with E-state index in [1.54, 1.807) is 56.7 Å². The number of aromatic nitrogens is 2. The van der Waals surface area contributed by atoms with Crippen LogP contribution in [0.1, 0.15) is 10.4 Å². The fourth-order valence-electron chi connectivity index (χ4n) is 3.12. The second-order valence-corrected chi connectivity index (χ2v) is 6.76. The van der Waals surface area contributed by atoms with Gasteiger partial charge in [-0.05, 0) is 48.5 Å². The number of anilines is 1. The minimum Gasteiger partial charge on any atom is -0.496 e. The Bertz CT molecular complexity index is 1180. The number of ether oxygens (including phenoxy) is 2. The number of nitrogens with zero attached hydrogens (tertiary/aromatic N) is 1. The Morgan fingerprint density at radius 2 is 1.72 bits per heavy atom. The summed E-state index contributed by atoms with van der Waals surface area (Å²) in [5.74, 6) is 1.64. The van der Waals surface area contributed by atoms with E-state index in [0.29, 0.717) is 33.6 Å². The largest absolute Gasteiger partial charge is 0.496 e. The number of H-pyrrole nitrogens is 1. The van der Waals surface area contributed by atoms with E-state index in [-0.39, 0.29) is 5.91 Å². The minimum atomic E-state index is -0.236. The lowest BCUT2D eigenvalue weighted by molar-refractivity contribution is 0.102. The van der Waals surface area contributed by atoms with Crippen molar-refractivity contribution in [3.05, 3.63) is 71.2 Å². The number of carbonyl (C=O) groups is 1. The maximum Gasteiger partial charge on any atom is 0.255 e. The van der Waals surface area contributed by atoms with Crippen LogP contribution in [0.25, 0.3) is 22.4 Å². The maximum atomic E-state index is 12.6. The second-order valence-electron chi connectivity index (χ2n) is 6.32. The lowest BCUT2D eigenvalue weighted by Gasteiger charge is -2.10. The highest BCUT2D eigenvalue weighted by Crippen LogP contribution is 2.37. The Labute approximate surface area is 172 Å². The molecule has 0 unspecified atom stereocenters. The van der Waals surface area contributed by atoms with Gasteiger partial charge in [-0.2, -0.15) is 0 Å². The van der Waals surface area contributed by atoms with Crippen LogP contribution in [0.4, 0.5) is 5.69 Å². The number of hydrogen-bond donors (Lipinski definition) is 2. The first-order valence-electron chi connectivity index (χ1n) is 8.87. The van der Waals surface area contributed by atoms with E-state index in [0.717, 1.165) is 16.6 Å². The number of methoxy groups -OCH3 is 2. The van der Waals surface area contributed by atoms with E-state index in [2.05, 4.69) is 15.3 Å². The lowest BCUT2D eigenvalue weighted by atomic mass is 10.1. The first kappa shape index (κ1) is 18.8. The van der Waals surface area contributed by atoms with Crippen molar-refractivity contribution in [1.29, 1.82) is 0 Å². The number of amides is 1. The van der Waals surface area contributed by atoms with Gasteiger partial charge >= 0.3 is 0 Å². The van der Waals surface area contributed by atoms with E-state index in [1.807, 2.05) is 18.2 Å². The van der Waals surface area contributed by atoms with Crippen molar-refractivity contribution < 1.29 is 14.3 Å². The van der Waals surface area contributed by atoms with Crippen LogP contribution in [0.2, 0.25) is 5.02 Å². The van der Waals surface area contributed by atoms with Crippen LogP contribution >= 0.6 is 11.6 Å². The Kier molecular flexibility index (Phi) is 5.10. The van der Waals surface area contributed by atoms with Crippen LogP contribution in [-0.2, 0) is 0 Å². The van der Waals surface area contributed by atoms with Gasteiger partial charge in [0.2, 0.25) is 0 Å². The van der Waals surface area contributed by atoms with E-state index < -0.39 is 0 Å². The predicted octanol–water partition coefficient (Wildman–Crippen LogP) is 5.15. The van der Waals surface area contributed by atoms with Gasteiger partial charge in [-0.15, -0.1) is 0 Å². The molecule has 0 aliphatic heterocycles. The number of rotatable bonds is 5. The molecule has 0 radical (unpaired) electrons. The Hall–Kier alpha value is -3.51. The molecule has 7 heteroatoms. The molecule has 4 aromatic rings. The molecule has 6 nitrogen and oxygen atoms in total. The summed E-state index contributed by atoms with van der Waals surface area (Å²) in [5.41, 5.74) is 3.31. The Morgan fingerprint density at radius 3 is 2.41 bits per heavy atom. The molecule has 0 saturated heterocycles. The minimum absolute atomic E-state index is 0.236. The zero-order valence-corrected chi connectivity index (χ0v) is 16.6. The van der Waals surface area contributed by atoms with Gasteiger partial charge in [0.1, 0.15) is 22.9 Å². The van der Waals surface area contributed by atoms with Crippen LogP contribution in [0.15, 0.2) is 60.7 Å². The summed E-state index contributed by atoms with van der Waals surface area (Å²) in [6.07, 6.45) is 0. The van der Waals surface area contributed by atoms with E-state index in [9.17, 15) is 4.79 Å². The molecule has 0 fully saturated rings. The van der Waals surface area contributed by atoms with Crippen molar-refractivity contribution >= 4 is 34.2 Å². The summed E-state index contributed by atoms with van der Waals surface area (Å²) in [4.78, 5) is 20.5. The molecule has 0 aliphatic rings. The molecule has 1 amide bonds. The zero-order valence-electron chi connectivity index (χ0n) is 15.8. The van der Waals surface area contributed by atoms with Gasteiger partial charge in [-0.1, -0.05) is 23.7 Å². The fraction of sp³-hybridized carbons (Fsp3) is 0.0909. The molecule has 29 heavy (non-hydrogen) atoms. The molecule has 0 atom stereocenters. The summed E-state index contributed by atoms with van der Waals surface area (Å²) in [6, 6.07) is 17.8. The predicted molar refractivity (Wildman–Crippen MR) is 114 cm³/mol. The first-order chi connectivity index (χ1) is 14.1. The lowest BCUT2D eigenvalue weighted by Crippen LogP contribution is -2.11. The second kappa shape index (κ2) is 7.85. The van der Waals surface area contributed by atoms with E-state index in [1.165, 1.54) is 0 Å². The molecule has 3 aromatic carbocycles. The Morgan fingerprint density at radius 1 is 1.00 bits per heavy atom. The van der Waals surface area contributed by atoms with Gasteiger partial charge in [-0.3, -0.25) is 4.79 Å². The topological polar surface area (TPSA) is 76.2 Å². The summed E-state index contributed by atoms with van der Waals surface area (Å²) in [5, 5.41) is 3.40. The summed E-state index contributed by atoms with van der Waals surface area (Å²) in [6.45, 7) is 0. The highest BCUT2D eigenvalue weighted by molar-refractivity contribution is 6.31. The highest BCUT2D eigenvalue weighted by Gasteiger charge is 2.17. The molecule has 4 rings (SSSR count). The SMILES string of the molecule is COc1cccc(OC)c1-c1nc2ccc(C(=O)Nc3cccc(Cl)c3)cc2[nH]1. The molecule has 1 aromatic heterocycles. The third-order valence-corrected chi connectivity index (χ3v) is 4.73. The smallest absolute Gasteiger partial charge is 0.255 e. The molecule has 1 heterocycles. The van der Waals surface area contributed by atoms with Crippen LogP contribution in [0.3, 0.4) is 0 Å². The zero-order chi connectivity index (χ0) is 20.4. The number of nitrogens with one attached hydrogen (secondary N) is 2. The van der Waals surface area contributed by atoms with E-state index in [4.69, 9.17) is 21.1 Å². The molecular formula is C22H18ClN3O3. The van der Waals surface area contributed by atoms with Crippen molar-refractivity contribution in [2.45, 2.75) is 0 Å².